The quantitative estimate of drug-likeness (QED) is 0.507. The number of carbonyl (C=O) groups excluding carboxylic acids is 1. The fourth-order valence-corrected chi connectivity index (χ4v) is 3.48. The van der Waals surface area contributed by atoms with Crippen LogP contribution in [0.5, 0.6) is 5.88 Å². The Morgan fingerprint density at radius 2 is 2.14 bits per heavy atom. The van der Waals surface area contributed by atoms with Crippen molar-refractivity contribution in [3.8, 4) is 5.88 Å². The van der Waals surface area contributed by atoms with Gasteiger partial charge in [-0.3, -0.25) is 9.59 Å². The summed E-state index contributed by atoms with van der Waals surface area (Å²) in [6.45, 7) is 6.68. The van der Waals surface area contributed by atoms with Crippen LogP contribution in [-0.2, 0) is 9.53 Å². The molecule has 144 valence electrons. The van der Waals surface area contributed by atoms with E-state index >= 15 is 0 Å². The van der Waals surface area contributed by atoms with E-state index in [1.807, 2.05) is 25.1 Å². The number of hydrogen-bond donors (Lipinski definition) is 2. The molecule has 0 saturated carbocycles. The van der Waals surface area contributed by atoms with Crippen molar-refractivity contribution in [2.45, 2.75) is 25.8 Å². The molecule has 3 heterocycles. The van der Waals surface area contributed by atoms with Crippen LogP contribution in [0.25, 0.3) is 27.3 Å². The first-order chi connectivity index (χ1) is 13.6. The van der Waals surface area contributed by atoms with Gasteiger partial charge in [-0.05, 0) is 36.9 Å². The van der Waals surface area contributed by atoms with Gasteiger partial charge in [0.25, 0.3) is 5.56 Å². The van der Waals surface area contributed by atoms with Crippen LogP contribution < -0.4 is 15.6 Å². The van der Waals surface area contributed by atoms with E-state index in [1.165, 1.54) is 0 Å². The number of nitrogens with zero attached hydrogens (tertiary/aromatic N) is 1. The number of rotatable bonds is 6. The molecule has 1 aromatic carbocycles. The third kappa shape index (κ3) is 3.31. The number of amides is 1. The number of aromatic nitrogens is 2. The molecule has 0 aliphatic carbocycles. The van der Waals surface area contributed by atoms with Crippen molar-refractivity contribution in [1.82, 2.24) is 15.3 Å². The number of hydrogen-bond acceptors (Lipinski definition) is 5. The van der Waals surface area contributed by atoms with Crippen LogP contribution in [-0.4, -0.2) is 35.1 Å². The topological polar surface area (TPSA) is 93.3 Å². The van der Waals surface area contributed by atoms with Gasteiger partial charge in [0.2, 0.25) is 11.8 Å². The second kappa shape index (κ2) is 7.34. The lowest BCUT2D eigenvalue weighted by Crippen LogP contribution is -2.31. The second-order valence-corrected chi connectivity index (χ2v) is 6.74. The summed E-state index contributed by atoms with van der Waals surface area (Å²) in [7, 11) is 0. The molecule has 4 rings (SSSR count). The number of ether oxygens (including phenoxy) is 2. The zero-order chi connectivity index (χ0) is 19.7. The van der Waals surface area contributed by atoms with Gasteiger partial charge in [-0.15, -0.1) is 0 Å². The van der Waals surface area contributed by atoms with Crippen molar-refractivity contribution in [1.29, 1.82) is 0 Å². The summed E-state index contributed by atoms with van der Waals surface area (Å²) in [4.78, 5) is 30.8. The maximum Gasteiger partial charge on any atom is 0.255 e. The van der Waals surface area contributed by atoms with Gasteiger partial charge >= 0.3 is 0 Å². The Kier molecular flexibility index (Phi) is 4.73. The Morgan fingerprint density at radius 3 is 2.89 bits per heavy atom. The fourth-order valence-electron chi connectivity index (χ4n) is 3.48. The molecule has 2 N–H and O–H groups in total. The summed E-state index contributed by atoms with van der Waals surface area (Å²) in [6, 6.07) is 5.52. The molecule has 1 aliphatic heterocycles. The van der Waals surface area contributed by atoms with E-state index in [2.05, 4.69) is 21.9 Å². The Morgan fingerprint density at radius 1 is 1.29 bits per heavy atom. The third-order valence-corrected chi connectivity index (χ3v) is 4.87. The van der Waals surface area contributed by atoms with Crippen molar-refractivity contribution in [2.75, 3.05) is 13.2 Å². The van der Waals surface area contributed by atoms with E-state index in [1.54, 1.807) is 12.4 Å². The van der Waals surface area contributed by atoms with E-state index < -0.39 is 0 Å². The summed E-state index contributed by atoms with van der Waals surface area (Å²) in [5, 5.41) is 5.79. The number of aromatic amines is 1. The average Bonchev–Trinajstić information content (AvgIpc) is 3.11. The Labute approximate surface area is 161 Å². The Bertz CT molecular complexity index is 1140. The molecule has 0 bridgehead atoms. The maximum absolute atomic E-state index is 12.4. The number of pyridine rings is 2. The minimum Gasteiger partial charge on any atom is -0.494 e. The van der Waals surface area contributed by atoms with Gasteiger partial charge in [0.1, 0.15) is 12.4 Å². The van der Waals surface area contributed by atoms with Crippen LogP contribution >= 0.6 is 0 Å². The van der Waals surface area contributed by atoms with E-state index in [-0.39, 0.29) is 17.5 Å². The zero-order valence-electron chi connectivity index (χ0n) is 15.6. The maximum atomic E-state index is 12.4. The molecular formula is C21H21N3O4. The highest BCUT2D eigenvalue weighted by Crippen LogP contribution is 2.30. The minimum atomic E-state index is -0.183. The summed E-state index contributed by atoms with van der Waals surface area (Å²) in [6.07, 6.45) is 4.53. The fraction of sp³-hybridized carbons (Fsp3) is 0.286. The number of fused-ring (bicyclic) bond motifs is 2. The average molecular weight is 379 g/mol. The van der Waals surface area contributed by atoms with Crippen molar-refractivity contribution < 1.29 is 14.3 Å². The molecule has 1 atom stereocenters. The van der Waals surface area contributed by atoms with Gasteiger partial charge in [-0.25, -0.2) is 4.98 Å². The Hall–Kier alpha value is -3.35. The van der Waals surface area contributed by atoms with Gasteiger partial charge in [0.15, 0.2) is 0 Å². The predicted octanol–water partition coefficient (Wildman–Crippen LogP) is 2.74. The lowest BCUT2D eigenvalue weighted by Gasteiger charge is -2.14. The van der Waals surface area contributed by atoms with Gasteiger partial charge < -0.3 is 19.8 Å². The molecule has 1 saturated heterocycles. The first kappa shape index (κ1) is 18.0. The van der Waals surface area contributed by atoms with Crippen molar-refractivity contribution in [2.24, 2.45) is 0 Å². The first-order valence-electron chi connectivity index (χ1n) is 9.25. The van der Waals surface area contributed by atoms with E-state index in [9.17, 15) is 9.59 Å². The number of H-pyrrole nitrogens is 1. The third-order valence-electron chi connectivity index (χ3n) is 4.87. The molecule has 0 unspecified atom stereocenters. The molecule has 2 aromatic heterocycles. The molecule has 3 aromatic rings. The lowest BCUT2D eigenvalue weighted by atomic mass is 10.0. The largest absolute Gasteiger partial charge is 0.494 e. The van der Waals surface area contributed by atoms with Crippen molar-refractivity contribution in [3.05, 3.63) is 53.1 Å². The second-order valence-electron chi connectivity index (χ2n) is 6.74. The van der Waals surface area contributed by atoms with Gasteiger partial charge in [-0.1, -0.05) is 6.58 Å². The van der Waals surface area contributed by atoms with Crippen LogP contribution in [0.15, 0.2) is 42.0 Å². The molecule has 0 spiro atoms. The minimum absolute atomic E-state index is 0.0128. The SMILES string of the molecule is C=C(OCC)c1c[nH]c(=O)c2cc3ccnc(OC[C@@H]4CCC(=O)N4)c3cc12. The summed E-state index contributed by atoms with van der Waals surface area (Å²) < 4.78 is 11.5. The zero-order valence-corrected chi connectivity index (χ0v) is 15.6. The predicted molar refractivity (Wildman–Crippen MR) is 107 cm³/mol. The molecule has 1 fully saturated rings. The van der Waals surface area contributed by atoms with Crippen LogP contribution in [0, 0.1) is 0 Å². The normalized spacial score (nSPS) is 16.3. The molecular weight excluding hydrogens is 358 g/mol. The molecule has 0 radical (unpaired) electrons. The molecule has 7 nitrogen and oxygen atoms in total. The highest BCUT2D eigenvalue weighted by Gasteiger charge is 2.21. The smallest absolute Gasteiger partial charge is 0.255 e. The number of nitrogens with one attached hydrogen (secondary N) is 2. The van der Waals surface area contributed by atoms with E-state index in [4.69, 9.17) is 9.47 Å². The van der Waals surface area contributed by atoms with Gasteiger partial charge in [0.05, 0.1) is 12.6 Å². The summed E-state index contributed by atoms with van der Waals surface area (Å²) in [5.74, 6) is 1.00. The first-order valence-corrected chi connectivity index (χ1v) is 9.25. The summed E-state index contributed by atoms with van der Waals surface area (Å²) >= 11 is 0. The number of benzene rings is 1. The van der Waals surface area contributed by atoms with E-state index in [0.717, 1.165) is 28.1 Å². The van der Waals surface area contributed by atoms with Crippen LogP contribution in [0.3, 0.4) is 0 Å². The molecule has 1 aliphatic rings. The molecule has 1 amide bonds. The molecule has 28 heavy (non-hydrogen) atoms. The number of carbonyl (C=O) groups is 1. The van der Waals surface area contributed by atoms with Gasteiger partial charge in [-0.2, -0.15) is 0 Å². The summed E-state index contributed by atoms with van der Waals surface area (Å²) in [5.41, 5.74) is 0.536. The van der Waals surface area contributed by atoms with Gasteiger partial charge in [0, 0.05) is 40.5 Å². The lowest BCUT2D eigenvalue weighted by molar-refractivity contribution is -0.119. The van der Waals surface area contributed by atoms with Crippen molar-refractivity contribution in [3.63, 3.8) is 0 Å². The highest BCUT2D eigenvalue weighted by molar-refractivity contribution is 6.03. The van der Waals surface area contributed by atoms with E-state index in [0.29, 0.717) is 36.7 Å². The monoisotopic (exact) mass is 379 g/mol. The van der Waals surface area contributed by atoms with Crippen LogP contribution in [0.1, 0.15) is 25.3 Å². The van der Waals surface area contributed by atoms with Crippen LogP contribution in [0.4, 0.5) is 0 Å². The molecule has 7 heteroatoms. The van der Waals surface area contributed by atoms with Crippen LogP contribution in [0.2, 0.25) is 0 Å². The highest BCUT2D eigenvalue weighted by atomic mass is 16.5. The Balaban J connectivity index is 1.78. The standard InChI is InChI=1S/C21H21N3O4/c1-3-27-12(2)18-10-23-20(26)17-8-13-6-7-22-21(15(13)9-16(17)18)28-11-14-4-5-19(25)24-14/h6-10,14H,2-5,11H2,1H3,(H,23,26)(H,24,25)/t14-/m0/s1. The van der Waals surface area contributed by atoms with Crippen molar-refractivity contribution >= 4 is 33.2 Å².